The molecule has 10 heteroatoms. The van der Waals surface area contributed by atoms with Crippen LogP contribution in [0, 0.1) is 5.92 Å². The number of pyridine rings is 1. The number of fused-ring (bicyclic) bond motifs is 4. The highest BCUT2D eigenvalue weighted by Gasteiger charge is 2.38. The van der Waals surface area contributed by atoms with E-state index >= 15 is 0 Å². The first-order valence-corrected chi connectivity index (χ1v) is 10.3. The molecule has 0 aromatic carbocycles. The van der Waals surface area contributed by atoms with Crippen LogP contribution in [0.4, 0.5) is 0 Å². The normalized spacial score (nSPS) is 22.6. The predicted molar refractivity (Wildman–Crippen MR) is 111 cm³/mol. The number of likely N-dealkylation sites (tertiary alicyclic amines) is 1. The van der Waals surface area contributed by atoms with E-state index in [1.165, 1.54) is 0 Å². The van der Waals surface area contributed by atoms with Crippen LogP contribution in [0.25, 0.3) is 0 Å². The van der Waals surface area contributed by atoms with Crippen LogP contribution in [0.2, 0.25) is 0 Å². The number of nitrogens with zero attached hydrogens (tertiary/aromatic N) is 2. The molecule has 27 heavy (non-hydrogen) atoms. The van der Waals surface area contributed by atoms with Crippen molar-refractivity contribution in [2.75, 3.05) is 13.1 Å². The van der Waals surface area contributed by atoms with Crippen molar-refractivity contribution in [1.82, 2.24) is 20.1 Å². The summed E-state index contributed by atoms with van der Waals surface area (Å²) in [5.41, 5.74) is 1.07. The molecule has 0 saturated carbocycles. The number of carbonyl (C=O) groups excluding carboxylic acids is 1. The van der Waals surface area contributed by atoms with Crippen molar-refractivity contribution < 1.29 is 4.79 Å². The molecule has 0 unspecified atom stereocenters. The average Bonchev–Trinajstić information content (AvgIpc) is 2.61. The molecule has 148 valence electrons. The van der Waals surface area contributed by atoms with Crippen molar-refractivity contribution in [2.45, 2.75) is 42.2 Å². The predicted octanol–water partition coefficient (Wildman–Crippen LogP) is 2.36. The standard InChI is InChI=1S/C17H21Cl3N4O2S/c1-2-13(25)21-15(17(18,19)20)22-16(27)23-7-10-6-11(9-23)12-4-3-5-14(26)24(12)8-10/h3-5,10-11,15H,2,6-9H2,1H3,(H,21,25)(H,22,27)/t10-,11-,15-/m0/s1. The third kappa shape index (κ3) is 4.70. The molecule has 0 aliphatic carbocycles. The minimum absolute atomic E-state index is 0.0369. The second-order valence-corrected chi connectivity index (χ2v) is 9.70. The summed E-state index contributed by atoms with van der Waals surface area (Å²) in [5.74, 6) is 0.278. The van der Waals surface area contributed by atoms with Crippen molar-refractivity contribution in [3.05, 3.63) is 34.2 Å². The van der Waals surface area contributed by atoms with Gasteiger partial charge in [-0.2, -0.15) is 0 Å². The van der Waals surface area contributed by atoms with Gasteiger partial charge in [-0.15, -0.1) is 0 Å². The molecule has 1 amide bonds. The van der Waals surface area contributed by atoms with Gasteiger partial charge in [0.1, 0.15) is 6.17 Å². The molecule has 3 heterocycles. The van der Waals surface area contributed by atoms with Crippen molar-refractivity contribution in [1.29, 1.82) is 0 Å². The minimum Gasteiger partial charge on any atom is -0.348 e. The molecule has 2 N–H and O–H groups in total. The van der Waals surface area contributed by atoms with Gasteiger partial charge in [0.2, 0.25) is 9.70 Å². The molecule has 1 aromatic rings. The Morgan fingerprint density at radius 3 is 2.70 bits per heavy atom. The van der Waals surface area contributed by atoms with E-state index in [9.17, 15) is 9.59 Å². The van der Waals surface area contributed by atoms with Gasteiger partial charge in [-0.05, 0) is 30.6 Å². The van der Waals surface area contributed by atoms with Gasteiger partial charge < -0.3 is 20.1 Å². The number of thiocarbonyl (C=S) groups is 1. The number of aromatic nitrogens is 1. The lowest BCUT2D eigenvalue weighted by Gasteiger charge is -2.44. The average molecular weight is 452 g/mol. The number of alkyl halides is 3. The zero-order valence-electron chi connectivity index (χ0n) is 14.8. The Labute approximate surface area is 178 Å². The fourth-order valence-electron chi connectivity index (χ4n) is 3.74. The lowest BCUT2D eigenvalue weighted by Crippen LogP contribution is -2.60. The van der Waals surface area contributed by atoms with E-state index in [2.05, 4.69) is 10.6 Å². The minimum atomic E-state index is -1.75. The van der Waals surface area contributed by atoms with Crippen molar-refractivity contribution in [2.24, 2.45) is 5.92 Å². The Bertz CT molecular complexity index is 795. The van der Waals surface area contributed by atoms with Crippen LogP contribution in [-0.4, -0.2) is 43.5 Å². The summed E-state index contributed by atoms with van der Waals surface area (Å²) >= 11 is 23.5. The Morgan fingerprint density at radius 2 is 2.04 bits per heavy atom. The molecule has 0 spiro atoms. The van der Waals surface area contributed by atoms with Crippen LogP contribution in [0.1, 0.15) is 31.4 Å². The Hall–Kier alpha value is -1.02. The van der Waals surface area contributed by atoms with Gasteiger partial charge in [0.25, 0.3) is 5.56 Å². The van der Waals surface area contributed by atoms with Gasteiger partial charge in [-0.25, -0.2) is 0 Å². The third-order valence-corrected chi connectivity index (χ3v) is 6.02. The van der Waals surface area contributed by atoms with Crippen LogP contribution >= 0.6 is 47.0 Å². The Kier molecular flexibility index (Phi) is 6.25. The molecule has 2 aliphatic rings. The first-order valence-electron chi connectivity index (χ1n) is 8.80. The van der Waals surface area contributed by atoms with Crippen molar-refractivity contribution in [3.8, 4) is 0 Å². The molecular formula is C17H21Cl3N4O2S. The van der Waals surface area contributed by atoms with E-state index in [4.69, 9.17) is 47.0 Å². The first kappa shape index (κ1) is 20.7. The summed E-state index contributed by atoms with van der Waals surface area (Å²) in [6.45, 7) is 3.76. The maximum absolute atomic E-state index is 12.1. The summed E-state index contributed by atoms with van der Waals surface area (Å²) in [7, 11) is 0. The lowest BCUT2D eigenvalue weighted by atomic mass is 9.83. The summed E-state index contributed by atoms with van der Waals surface area (Å²) in [6, 6.07) is 5.38. The molecule has 2 bridgehead atoms. The number of halogens is 3. The van der Waals surface area contributed by atoms with E-state index in [0.717, 1.165) is 12.1 Å². The number of nitrogens with one attached hydrogen (secondary N) is 2. The molecule has 1 saturated heterocycles. The molecule has 0 radical (unpaired) electrons. The zero-order valence-corrected chi connectivity index (χ0v) is 17.8. The van der Waals surface area contributed by atoms with Crippen LogP contribution in [0.15, 0.2) is 23.0 Å². The highest BCUT2D eigenvalue weighted by Crippen LogP contribution is 2.35. The lowest BCUT2D eigenvalue weighted by molar-refractivity contribution is -0.121. The number of hydrogen-bond acceptors (Lipinski definition) is 3. The monoisotopic (exact) mass is 450 g/mol. The van der Waals surface area contributed by atoms with E-state index < -0.39 is 9.96 Å². The van der Waals surface area contributed by atoms with Gasteiger partial charge >= 0.3 is 0 Å². The van der Waals surface area contributed by atoms with E-state index in [0.29, 0.717) is 30.7 Å². The van der Waals surface area contributed by atoms with Gasteiger partial charge in [0, 0.05) is 43.7 Å². The Balaban J connectivity index is 1.73. The molecule has 1 fully saturated rings. The van der Waals surface area contributed by atoms with Crippen molar-refractivity contribution >= 4 is 58.0 Å². The largest absolute Gasteiger partial charge is 0.348 e. The molecular weight excluding hydrogens is 431 g/mol. The Morgan fingerprint density at radius 1 is 1.30 bits per heavy atom. The first-order chi connectivity index (χ1) is 12.7. The highest BCUT2D eigenvalue weighted by atomic mass is 35.6. The SMILES string of the molecule is CCC(=O)N[C@@H](NC(=S)N1C[C@@H]2C[C@@H](C1)c1cccc(=O)n1C2)C(Cl)(Cl)Cl. The zero-order chi connectivity index (χ0) is 19.8. The maximum Gasteiger partial charge on any atom is 0.250 e. The smallest absolute Gasteiger partial charge is 0.250 e. The van der Waals surface area contributed by atoms with Crippen LogP contribution in [0.3, 0.4) is 0 Å². The molecule has 1 aromatic heterocycles. The molecule has 3 atom stereocenters. The summed E-state index contributed by atoms with van der Waals surface area (Å²) < 4.78 is 0.110. The van der Waals surface area contributed by atoms with Gasteiger partial charge in [-0.1, -0.05) is 47.8 Å². The number of amides is 1. The fraction of sp³-hybridized carbons (Fsp3) is 0.588. The maximum atomic E-state index is 12.1. The molecule has 3 rings (SSSR count). The molecule has 6 nitrogen and oxygen atoms in total. The number of carbonyl (C=O) groups is 1. The van der Waals surface area contributed by atoms with E-state index in [1.54, 1.807) is 19.1 Å². The number of rotatable bonds is 3. The number of hydrogen-bond donors (Lipinski definition) is 2. The van der Waals surface area contributed by atoms with E-state index in [-0.39, 0.29) is 23.8 Å². The van der Waals surface area contributed by atoms with Crippen molar-refractivity contribution in [3.63, 3.8) is 0 Å². The second kappa shape index (κ2) is 8.15. The summed E-state index contributed by atoms with van der Waals surface area (Å²) in [5, 5.41) is 6.04. The summed E-state index contributed by atoms with van der Waals surface area (Å²) in [6.07, 6.45) is 0.354. The van der Waals surface area contributed by atoms with Crippen LogP contribution in [-0.2, 0) is 11.3 Å². The summed E-state index contributed by atoms with van der Waals surface area (Å²) in [4.78, 5) is 25.9. The van der Waals surface area contributed by atoms with Crippen LogP contribution in [0.5, 0.6) is 0 Å². The number of piperidine rings is 1. The van der Waals surface area contributed by atoms with E-state index in [1.807, 2.05) is 15.5 Å². The fourth-order valence-corrected chi connectivity index (χ4v) is 4.33. The van der Waals surface area contributed by atoms with Gasteiger partial charge in [0.15, 0.2) is 5.11 Å². The third-order valence-electron chi connectivity index (χ3n) is 4.99. The van der Waals surface area contributed by atoms with Gasteiger partial charge in [0.05, 0.1) is 0 Å². The topological polar surface area (TPSA) is 66.4 Å². The quantitative estimate of drug-likeness (QED) is 0.420. The second-order valence-electron chi connectivity index (χ2n) is 6.95. The highest BCUT2D eigenvalue weighted by molar-refractivity contribution is 7.80. The van der Waals surface area contributed by atoms with Gasteiger partial charge in [-0.3, -0.25) is 9.59 Å². The molecule has 2 aliphatic heterocycles. The van der Waals surface area contributed by atoms with Crippen LogP contribution < -0.4 is 16.2 Å².